The summed E-state index contributed by atoms with van der Waals surface area (Å²) in [6, 6.07) is 0.342. The Morgan fingerprint density at radius 1 is 1.12 bits per heavy atom. The quantitative estimate of drug-likeness (QED) is 0.828. The molecule has 2 aliphatic heterocycles. The smallest absolute Gasteiger partial charge is 0.275 e. The molecule has 1 atom stereocenters. The highest BCUT2D eigenvalue weighted by molar-refractivity contribution is 5.92. The van der Waals surface area contributed by atoms with Crippen molar-refractivity contribution in [2.45, 2.75) is 50.6 Å². The van der Waals surface area contributed by atoms with Gasteiger partial charge in [-0.25, -0.2) is 4.98 Å². The van der Waals surface area contributed by atoms with Gasteiger partial charge in [-0.15, -0.1) is 0 Å². The monoisotopic (exact) mass is 347 g/mol. The summed E-state index contributed by atoms with van der Waals surface area (Å²) in [5.41, 5.74) is 0.340. The van der Waals surface area contributed by atoms with E-state index in [1.807, 2.05) is 4.90 Å². The Morgan fingerprint density at radius 3 is 2.60 bits per heavy atom. The van der Waals surface area contributed by atoms with Gasteiger partial charge in [0.25, 0.3) is 5.91 Å². The normalized spacial score (nSPS) is 25.0. The molecule has 1 aromatic rings. The number of hydrogen-bond acceptors (Lipinski definition) is 5. The molecule has 7 heteroatoms. The Labute approximate surface area is 147 Å². The van der Waals surface area contributed by atoms with Crippen LogP contribution in [-0.2, 0) is 9.53 Å². The van der Waals surface area contributed by atoms with Crippen LogP contribution in [0.25, 0.3) is 0 Å². The summed E-state index contributed by atoms with van der Waals surface area (Å²) in [4.78, 5) is 33.5. The lowest BCUT2D eigenvalue weighted by atomic mass is 9.97. The number of rotatable bonds is 4. The highest BCUT2D eigenvalue weighted by atomic mass is 16.5. The van der Waals surface area contributed by atoms with E-state index in [0.717, 1.165) is 38.5 Å². The van der Waals surface area contributed by atoms with E-state index in [1.165, 1.54) is 12.7 Å². The Bertz CT molecular complexity index is 608. The summed E-state index contributed by atoms with van der Waals surface area (Å²) >= 11 is 0. The van der Waals surface area contributed by atoms with Gasteiger partial charge in [-0.2, -0.15) is 0 Å². The first-order chi connectivity index (χ1) is 12.2. The fraction of sp³-hybridized carbons (Fsp3) is 0.722. The van der Waals surface area contributed by atoms with Gasteiger partial charge in [-0.1, -0.05) is 0 Å². The van der Waals surface area contributed by atoms with Crippen molar-refractivity contribution in [1.82, 2.24) is 14.8 Å². The minimum absolute atomic E-state index is 0.0980. The van der Waals surface area contributed by atoms with E-state index in [-0.39, 0.29) is 29.8 Å². The van der Waals surface area contributed by atoms with E-state index in [2.05, 4.69) is 9.88 Å². The van der Waals surface area contributed by atoms with Gasteiger partial charge >= 0.3 is 0 Å². The van der Waals surface area contributed by atoms with Crippen LogP contribution in [0.3, 0.4) is 0 Å². The summed E-state index contributed by atoms with van der Waals surface area (Å²) < 4.78 is 10.4. The Balaban J connectivity index is 1.49. The third-order valence-corrected chi connectivity index (χ3v) is 5.49. The molecule has 3 aliphatic rings. The third kappa shape index (κ3) is 3.56. The summed E-state index contributed by atoms with van der Waals surface area (Å²) in [5.74, 6) is 0.376. The zero-order chi connectivity index (χ0) is 17.2. The van der Waals surface area contributed by atoms with Crippen LogP contribution in [0.1, 0.15) is 49.0 Å². The largest absolute Gasteiger partial charge is 0.451 e. The van der Waals surface area contributed by atoms with E-state index < -0.39 is 0 Å². The van der Waals surface area contributed by atoms with E-state index in [9.17, 15) is 9.59 Å². The molecule has 3 heterocycles. The van der Waals surface area contributed by atoms with Crippen LogP contribution in [0.5, 0.6) is 0 Å². The van der Waals surface area contributed by atoms with Crippen molar-refractivity contribution in [3.05, 3.63) is 18.4 Å². The fourth-order valence-corrected chi connectivity index (χ4v) is 4.01. The topological polar surface area (TPSA) is 75.9 Å². The van der Waals surface area contributed by atoms with E-state index >= 15 is 0 Å². The van der Waals surface area contributed by atoms with Crippen LogP contribution in [0.4, 0.5) is 0 Å². The molecule has 2 amide bonds. The average Bonchev–Trinajstić information content (AvgIpc) is 3.37. The predicted molar refractivity (Wildman–Crippen MR) is 88.8 cm³/mol. The number of carbonyl (C=O) groups is 2. The molecule has 4 rings (SSSR count). The number of likely N-dealkylation sites (tertiary alicyclic amines) is 1. The van der Waals surface area contributed by atoms with Crippen LogP contribution < -0.4 is 0 Å². The molecule has 0 aromatic carbocycles. The first-order valence-corrected chi connectivity index (χ1v) is 9.31. The van der Waals surface area contributed by atoms with Crippen molar-refractivity contribution in [3.63, 3.8) is 0 Å². The molecular formula is C18H25N3O4. The first-order valence-electron chi connectivity index (χ1n) is 9.31. The standard InChI is InChI=1S/C18H25N3O4/c22-17(13-3-4-13)21(14-5-8-24-9-6-14)15-2-1-7-20(10-15)18(23)16-11-25-12-19-16/h11-15H,1-10H2. The fourth-order valence-electron chi connectivity index (χ4n) is 4.01. The molecule has 0 N–H and O–H groups in total. The van der Waals surface area contributed by atoms with Crippen LogP contribution >= 0.6 is 0 Å². The second kappa shape index (κ2) is 7.15. The Morgan fingerprint density at radius 2 is 1.92 bits per heavy atom. The van der Waals surface area contributed by atoms with Gasteiger partial charge in [0.05, 0.1) is 0 Å². The highest BCUT2D eigenvalue weighted by Crippen LogP contribution is 2.35. The maximum atomic E-state index is 13.0. The molecule has 25 heavy (non-hydrogen) atoms. The molecule has 1 aliphatic carbocycles. The molecule has 0 spiro atoms. The predicted octanol–water partition coefficient (Wildman–Crippen LogP) is 1.70. The highest BCUT2D eigenvalue weighted by Gasteiger charge is 2.41. The number of piperidine rings is 1. The molecular weight excluding hydrogens is 322 g/mol. The zero-order valence-corrected chi connectivity index (χ0v) is 14.4. The number of amides is 2. The van der Waals surface area contributed by atoms with Crippen molar-refractivity contribution in [1.29, 1.82) is 0 Å². The van der Waals surface area contributed by atoms with E-state index in [1.54, 1.807) is 0 Å². The lowest BCUT2D eigenvalue weighted by Crippen LogP contribution is -2.56. The van der Waals surface area contributed by atoms with Gasteiger partial charge in [0.2, 0.25) is 5.91 Å². The van der Waals surface area contributed by atoms with Crippen molar-refractivity contribution < 1.29 is 18.7 Å². The minimum atomic E-state index is -0.107. The summed E-state index contributed by atoms with van der Waals surface area (Å²) in [6.45, 7) is 2.73. The SMILES string of the molecule is O=C(c1cocn1)N1CCCC(N(C(=O)C2CC2)C2CCOCC2)C1. The molecule has 7 nitrogen and oxygen atoms in total. The second-order valence-corrected chi connectivity index (χ2v) is 7.28. The van der Waals surface area contributed by atoms with Gasteiger partial charge in [-0.05, 0) is 38.5 Å². The van der Waals surface area contributed by atoms with Crippen LogP contribution in [-0.4, -0.2) is 65.0 Å². The molecule has 1 saturated carbocycles. The lowest BCUT2D eigenvalue weighted by molar-refractivity contribution is -0.141. The van der Waals surface area contributed by atoms with Crippen molar-refractivity contribution in [2.75, 3.05) is 26.3 Å². The van der Waals surface area contributed by atoms with Crippen molar-refractivity contribution in [2.24, 2.45) is 5.92 Å². The second-order valence-electron chi connectivity index (χ2n) is 7.28. The van der Waals surface area contributed by atoms with Gasteiger partial charge in [0, 0.05) is 44.3 Å². The Hall–Kier alpha value is -1.89. The molecule has 2 saturated heterocycles. The van der Waals surface area contributed by atoms with Gasteiger partial charge in [0.1, 0.15) is 6.26 Å². The van der Waals surface area contributed by atoms with E-state index in [0.29, 0.717) is 32.0 Å². The number of ether oxygens (including phenoxy) is 1. The Kier molecular flexibility index (Phi) is 4.74. The number of nitrogens with zero attached hydrogens (tertiary/aromatic N) is 3. The maximum Gasteiger partial charge on any atom is 0.275 e. The minimum Gasteiger partial charge on any atom is -0.451 e. The maximum absolute atomic E-state index is 13.0. The van der Waals surface area contributed by atoms with Gasteiger partial charge in [-0.3, -0.25) is 9.59 Å². The van der Waals surface area contributed by atoms with Gasteiger partial charge in [0.15, 0.2) is 12.1 Å². The number of carbonyl (C=O) groups excluding carboxylic acids is 2. The third-order valence-electron chi connectivity index (χ3n) is 5.49. The number of oxazole rings is 1. The van der Waals surface area contributed by atoms with Crippen molar-refractivity contribution in [3.8, 4) is 0 Å². The number of hydrogen-bond donors (Lipinski definition) is 0. The van der Waals surface area contributed by atoms with Gasteiger partial charge < -0.3 is 19.0 Å². The average molecular weight is 347 g/mol. The van der Waals surface area contributed by atoms with Crippen LogP contribution in [0.2, 0.25) is 0 Å². The van der Waals surface area contributed by atoms with Crippen LogP contribution in [0, 0.1) is 5.92 Å². The van der Waals surface area contributed by atoms with Crippen LogP contribution in [0.15, 0.2) is 17.1 Å². The molecule has 3 fully saturated rings. The molecule has 136 valence electrons. The summed E-state index contributed by atoms with van der Waals surface area (Å²) in [6.07, 6.45) is 8.33. The summed E-state index contributed by atoms with van der Waals surface area (Å²) in [5, 5.41) is 0. The van der Waals surface area contributed by atoms with E-state index in [4.69, 9.17) is 9.15 Å². The lowest BCUT2D eigenvalue weighted by Gasteiger charge is -2.44. The molecule has 0 bridgehead atoms. The number of aromatic nitrogens is 1. The van der Waals surface area contributed by atoms with Crippen molar-refractivity contribution >= 4 is 11.8 Å². The summed E-state index contributed by atoms with van der Waals surface area (Å²) in [7, 11) is 0. The molecule has 0 radical (unpaired) electrons. The molecule has 1 aromatic heterocycles. The molecule has 1 unspecified atom stereocenters. The first kappa shape index (κ1) is 16.6. The zero-order valence-electron chi connectivity index (χ0n) is 14.4.